The van der Waals surface area contributed by atoms with Gasteiger partial charge in [0, 0.05) is 29.1 Å². The zero-order chi connectivity index (χ0) is 18.7. The summed E-state index contributed by atoms with van der Waals surface area (Å²) in [6.45, 7) is 3.66. The maximum absolute atomic E-state index is 12.4. The molecule has 1 saturated carbocycles. The molecule has 0 spiro atoms. The third-order valence-corrected chi connectivity index (χ3v) is 4.49. The van der Waals surface area contributed by atoms with Crippen molar-refractivity contribution in [2.24, 2.45) is 0 Å². The van der Waals surface area contributed by atoms with Gasteiger partial charge in [0.05, 0.1) is 11.6 Å². The Hall–Kier alpha value is -3.13. The highest BCUT2D eigenvalue weighted by Gasteiger charge is 2.28. The normalized spacial score (nSPS) is 13.6. The molecule has 0 saturated heterocycles. The molecular weight excluding hydrogens is 328 g/mol. The van der Waals surface area contributed by atoms with E-state index in [4.69, 9.17) is 10.00 Å². The first-order chi connectivity index (χ1) is 12.5. The fourth-order valence-electron chi connectivity index (χ4n) is 3.05. The first-order valence-electron chi connectivity index (χ1n) is 8.56. The number of carbonyl (C=O) groups is 2. The van der Waals surface area contributed by atoms with Crippen molar-refractivity contribution >= 4 is 17.8 Å². The Balaban J connectivity index is 1.57. The number of ether oxygens (including phenoxy) is 1. The van der Waals surface area contributed by atoms with Crippen LogP contribution >= 0.6 is 0 Å². The molecule has 132 valence electrons. The summed E-state index contributed by atoms with van der Waals surface area (Å²) >= 11 is 0. The van der Waals surface area contributed by atoms with Gasteiger partial charge in [0.25, 0.3) is 0 Å². The first-order valence-corrected chi connectivity index (χ1v) is 8.56. The molecule has 26 heavy (non-hydrogen) atoms. The van der Waals surface area contributed by atoms with Gasteiger partial charge in [-0.1, -0.05) is 12.1 Å². The number of aromatic nitrogens is 1. The van der Waals surface area contributed by atoms with Crippen molar-refractivity contribution in [2.75, 3.05) is 6.61 Å². The Morgan fingerprint density at radius 1 is 1.27 bits per heavy atom. The number of ketones is 1. The topological polar surface area (TPSA) is 72.1 Å². The number of carbonyl (C=O) groups excluding carboxylic acids is 2. The average molecular weight is 348 g/mol. The second kappa shape index (κ2) is 7.40. The van der Waals surface area contributed by atoms with Crippen LogP contribution in [0, 0.1) is 25.2 Å². The predicted molar refractivity (Wildman–Crippen MR) is 97.7 cm³/mol. The number of aryl methyl sites for hydroxylation is 1. The van der Waals surface area contributed by atoms with Crippen LogP contribution in [-0.4, -0.2) is 22.9 Å². The summed E-state index contributed by atoms with van der Waals surface area (Å²) in [4.78, 5) is 24.2. The van der Waals surface area contributed by atoms with Gasteiger partial charge in [0.2, 0.25) is 5.78 Å². The smallest absolute Gasteiger partial charge is 0.331 e. The van der Waals surface area contributed by atoms with E-state index in [1.807, 2.05) is 26.0 Å². The Morgan fingerprint density at radius 3 is 2.58 bits per heavy atom. The van der Waals surface area contributed by atoms with Crippen molar-refractivity contribution in [3.63, 3.8) is 0 Å². The summed E-state index contributed by atoms with van der Waals surface area (Å²) in [5, 5.41) is 8.76. The van der Waals surface area contributed by atoms with Gasteiger partial charge in [0.1, 0.15) is 0 Å². The number of esters is 1. The summed E-state index contributed by atoms with van der Waals surface area (Å²) in [6.07, 6.45) is 5.17. The van der Waals surface area contributed by atoms with Crippen molar-refractivity contribution in [3.8, 4) is 6.07 Å². The summed E-state index contributed by atoms with van der Waals surface area (Å²) in [5.74, 6) is -0.760. The van der Waals surface area contributed by atoms with Crippen LogP contribution in [0.5, 0.6) is 0 Å². The van der Waals surface area contributed by atoms with Crippen molar-refractivity contribution in [1.29, 1.82) is 5.26 Å². The molecule has 0 unspecified atom stereocenters. The van der Waals surface area contributed by atoms with Crippen LogP contribution in [0.15, 0.2) is 36.4 Å². The van der Waals surface area contributed by atoms with Gasteiger partial charge in [-0.25, -0.2) is 4.79 Å². The number of hydrogen-bond acceptors (Lipinski definition) is 4. The number of benzene rings is 1. The minimum Gasteiger partial charge on any atom is -0.454 e. The number of hydrogen-bond donors (Lipinski definition) is 0. The molecule has 1 fully saturated rings. The fraction of sp³-hybridized carbons (Fsp3) is 0.286. The Kier molecular flexibility index (Phi) is 5.04. The Bertz CT molecular complexity index is 910. The number of nitriles is 1. The molecule has 0 N–H and O–H groups in total. The Morgan fingerprint density at radius 2 is 1.96 bits per heavy atom. The standard InChI is InChI=1S/C21H20N2O3/c1-14-11-19(15(2)23(14)18-8-9-18)20(24)13-26-21(25)10-7-16-3-5-17(12-22)6-4-16/h3-7,10-11,18H,8-9,13H2,1-2H3/b10-7+. The molecule has 1 aromatic heterocycles. The molecular formula is C21H20N2O3. The molecule has 5 heteroatoms. The van der Waals surface area contributed by atoms with Crippen LogP contribution in [0.4, 0.5) is 0 Å². The highest BCUT2D eigenvalue weighted by atomic mass is 16.5. The van der Waals surface area contributed by atoms with E-state index in [9.17, 15) is 9.59 Å². The van der Waals surface area contributed by atoms with Gasteiger partial charge in [-0.05, 0) is 56.5 Å². The average Bonchev–Trinajstić information content (AvgIpc) is 3.43. The van der Waals surface area contributed by atoms with Crippen LogP contribution in [-0.2, 0) is 9.53 Å². The molecule has 1 aromatic carbocycles. The lowest BCUT2D eigenvalue weighted by Crippen LogP contribution is -2.13. The quantitative estimate of drug-likeness (QED) is 0.453. The molecule has 1 heterocycles. The molecule has 5 nitrogen and oxygen atoms in total. The van der Waals surface area contributed by atoms with E-state index in [-0.39, 0.29) is 12.4 Å². The highest BCUT2D eigenvalue weighted by Crippen LogP contribution is 2.38. The van der Waals surface area contributed by atoms with Gasteiger partial charge in [-0.15, -0.1) is 0 Å². The van der Waals surface area contributed by atoms with Crippen LogP contribution in [0.3, 0.4) is 0 Å². The number of Topliss-reactive ketones (excluding diaryl/α,β-unsaturated/α-hetero) is 1. The third kappa shape index (κ3) is 3.92. The maximum Gasteiger partial charge on any atom is 0.331 e. The molecule has 0 radical (unpaired) electrons. The van der Waals surface area contributed by atoms with Crippen molar-refractivity contribution < 1.29 is 14.3 Å². The van der Waals surface area contributed by atoms with Crippen molar-refractivity contribution in [2.45, 2.75) is 32.7 Å². The van der Waals surface area contributed by atoms with Gasteiger partial charge < -0.3 is 9.30 Å². The molecule has 0 aliphatic heterocycles. The van der Waals surface area contributed by atoms with Crippen LogP contribution < -0.4 is 0 Å². The lowest BCUT2D eigenvalue weighted by Gasteiger charge is -2.07. The van der Waals surface area contributed by atoms with E-state index in [1.165, 1.54) is 6.08 Å². The van der Waals surface area contributed by atoms with Gasteiger partial charge in [0.15, 0.2) is 6.61 Å². The van der Waals surface area contributed by atoms with Crippen molar-refractivity contribution in [1.82, 2.24) is 4.57 Å². The third-order valence-electron chi connectivity index (χ3n) is 4.49. The van der Waals surface area contributed by atoms with Crippen LogP contribution in [0.2, 0.25) is 0 Å². The molecule has 0 atom stereocenters. The van der Waals surface area contributed by atoms with Crippen LogP contribution in [0.25, 0.3) is 6.08 Å². The summed E-state index contributed by atoms with van der Waals surface area (Å²) in [7, 11) is 0. The maximum atomic E-state index is 12.4. The number of rotatable bonds is 6. The van der Waals surface area contributed by atoms with E-state index in [0.717, 1.165) is 29.8 Å². The second-order valence-corrected chi connectivity index (χ2v) is 6.48. The van der Waals surface area contributed by atoms with E-state index in [1.54, 1.807) is 30.3 Å². The zero-order valence-electron chi connectivity index (χ0n) is 14.9. The molecule has 2 aromatic rings. The minimum absolute atomic E-state index is 0.190. The Labute approximate surface area is 152 Å². The molecule has 3 rings (SSSR count). The lowest BCUT2D eigenvalue weighted by molar-refractivity contribution is -0.136. The number of nitrogens with zero attached hydrogens (tertiary/aromatic N) is 2. The monoisotopic (exact) mass is 348 g/mol. The van der Waals surface area contributed by atoms with E-state index >= 15 is 0 Å². The van der Waals surface area contributed by atoms with E-state index in [2.05, 4.69) is 4.57 Å². The largest absolute Gasteiger partial charge is 0.454 e. The zero-order valence-corrected chi connectivity index (χ0v) is 14.9. The van der Waals surface area contributed by atoms with E-state index in [0.29, 0.717) is 17.2 Å². The van der Waals surface area contributed by atoms with Gasteiger partial charge in [-0.3, -0.25) is 4.79 Å². The summed E-state index contributed by atoms with van der Waals surface area (Å²) in [5.41, 5.74) is 3.97. The van der Waals surface area contributed by atoms with Gasteiger partial charge >= 0.3 is 5.97 Å². The molecule has 0 amide bonds. The summed E-state index contributed by atoms with van der Waals surface area (Å²) < 4.78 is 7.26. The second-order valence-electron chi connectivity index (χ2n) is 6.48. The summed E-state index contributed by atoms with van der Waals surface area (Å²) in [6, 6.07) is 11.2. The SMILES string of the molecule is Cc1cc(C(=O)COC(=O)/C=C/c2ccc(C#N)cc2)c(C)n1C1CC1. The molecule has 0 bridgehead atoms. The highest BCUT2D eigenvalue weighted by molar-refractivity contribution is 6.00. The van der Waals surface area contributed by atoms with E-state index < -0.39 is 5.97 Å². The predicted octanol–water partition coefficient (Wildman–Crippen LogP) is 3.75. The fourth-order valence-corrected chi connectivity index (χ4v) is 3.05. The molecule has 1 aliphatic carbocycles. The molecule has 1 aliphatic rings. The lowest BCUT2D eigenvalue weighted by atomic mass is 10.1. The van der Waals surface area contributed by atoms with Crippen molar-refractivity contribution in [3.05, 3.63) is 64.5 Å². The van der Waals surface area contributed by atoms with Gasteiger partial charge in [-0.2, -0.15) is 5.26 Å². The first kappa shape index (κ1) is 17.7. The minimum atomic E-state index is -0.571. The van der Waals surface area contributed by atoms with Crippen LogP contribution in [0.1, 0.15) is 51.8 Å².